The number of carbonyl (C=O) groups is 1. The molecule has 0 aliphatic carbocycles. The summed E-state index contributed by atoms with van der Waals surface area (Å²) >= 11 is 0. The fraction of sp³-hybridized carbons (Fsp3) is 0.600. The van der Waals surface area contributed by atoms with Crippen LogP contribution in [0.2, 0.25) is 0 Å². The van der Waals surface area contributed by atoms with Crippen LogP contribution in [0.4, 0.5) is 11.5 Å². The van der Waals surface area contributed by atoms with Crippen LogP contribution >= 0.6 is 0 Å². The number of rotatable bonds is 6. The standard InChI is InChI=1S/C15H23N5O2.C5H10O2/c1-18(2)11-8-13-14(20(21)22)4-5-15(17-13)19(3)12-6-9-16-10-7-12;1-5(2,3)7-4-6/h4-5,8,11-12,16H,6-7,9-10H2,1-3H3;4H,1-3H3/b11-8+;. The minimum Gasteiger partial charge on any atom is -0.462 e. The van der Waals surface area contributed by atoms with Gasteiger partial charge in [-0.25, -0.2) is 4.98 Å². The van der Waals surface area contributed by atoms with Gasteiger partial charge in [0.2, 0.25) is 0 Å². The fourth-order valence-electron chi connectivity index (χ4n) is 2.68. The zero-order valence-corrected chi connectivity index (χ0v) is 18.2. The molecule has 2 heterocycles. The fourth-order valence-corrected chi connectivity index (χ4v) is 2.68. The molecule has 0 aromatic carbocycles. The summed E-state index contributed by atoms with van der Waals surface area (Å²) in [5.41, 5.74) is 0.0967. The van der Waals surface area contributed by atoms with E-state index >= 15 is 0 Å². The Morgan fingerprint density at radius 2 is 1.86 bits per heavy atom. The third-order valence-corrected chi connectivity index (χ3v) is 4.23. The van der Waals surface area contributed by atoms with Crippen LogP contribution in [-0.4, -0.2) is 67.2 Å². The summed E-state index contributed by atoms with van der Waals surface area (Å²) in [6, 6.07) is 3.68. The van der Waals surface area contributed by atoms with Crippen molar-refractivity contribution < 1.29 is 14.5 Å². The first-order valence-corrected chi connectivity index (χ1v) is 9.60. The van der Waals surface area contributed by atoms with Crippen LogP contribution in [0.15, 0.2) is 18.3 Å². The summed E-state index contributed by atoms with van der Waals surface area (Å²) in [7, 11) is 5.74. The topological polar surface area (TPSA) is 101 Å². The van der Waals surface area contributed by atoms with E-state index < -0.39 is 4.92 Å². The molecule has 9 nitrogen and oxygen atoms in total. The van der Waals surface area contributed by atoms with E-state index in [9.17, 15) is 14.9 Å². The van der Waals surface area contributed by atoms with E-state index in [0.717, 1.165) is 31.7 Å². The predicted octanol–water partition coefficient (Wildman–Crippen LogP) is 2.67. The number of carbonyl (C=O) groups excluding carboxylic acids is 1. The molecule has 9 heteroatoms. The molecule has 1 aliphatic rings. The van der Waals surface area contributed by atoms with Crippen molar-refractivity contribution in [3.63, 3.8) is 0 Å². The third kappa shape index (κ3) is 8.91. The van der Waals surface area contributed by atoms with E-state index in [1.54, 1.807) is 18.3 Å². The van der Waals surface area contributed by atoms with Crippen molar-refractivity contribution in [3.05, 3.63) is 34.1 Å². The second-order valence-corrected chi connectivity index (χ2v) is 8.03. The summed E-state index contributed by atoms with van der Waals surface area (Å²) in [4.78, 5) is 28.8. The molecule has 1 N–H and O–H groups in total. The Balaban J connectivity index is 0.000000516. The predicted molar refractivity (Wildman–Crippen MR) is 115 cm³/mol. The lowest BCUT2D eigenvalue weighted by Crippen LogP contribution is -2.41. The normalized spacial score (nSPS) is 14.7. The number of hydrogen-bond acceptors (Lipinski definition) is 8. The molecule has 1 aliphatic heterocycles. The Bertz CT molecular complexity index is 695. The number of nitrogens with zero attached hydrogens (tertiary/aromatic N) is 4. The number of ether oxygens (including phenoxy) is 1. The van der Waals surface area contributed by atoms with E-state index in [1.807, 2.05) is 46.8 Å². The van der Waals surface area contributed by atoms with Gasteiger partial charge < -0.3 is 19.9 Å². The maximum absolute atomic E-state index is 11.1. The molecule has 2 rings (SSSR count). The van der Waals surface area contributed by atoms with Gasteiger partial charge in [-0.1, -0.05) is 0 Å². The molecular formula is C20H33N5O4. The van der Waals surface area contributed by atoms with Gasteiger partial charge in [0.15, 0.2) is 0 Å². The highest BCUT2D eigenvalue weighted by molar-refractivity contribution is 5.60. The van der Waals surface area contributed by atoms with Crippen molar-refractivity contribution in [2.75, 3.05) is 39.1 Å². The Morgan fingerprint density at radius 3 is 2.31 bits per heavy atom. The molecule has 0 radical (unpaired) electrons. The SMILES string of the molecule is CC(C)(C)OC=O.CN(C)/C=C/c1nc(N(C)C2CCNCC2)ccc1[N+](=O)[O-]. The van der Waals surface area contributed by atoms with Crippen LogP contribution in [-0.2, 0) is 9.53 Å². The summed E-state index contributed by atoms with van der Waals surface area (Å²) in [6.07, 6.45) is 5.55. The van der Waals surface area contributed by atoms with Gasteiger partial charge >= 0.3 is 0 Å². The molecule has 1 aromatic rings. The number of pyridine rings is 1. The Kier molecular flexibility index (Phi) is 9.54. The van der Waals surface area contributed by atoms with Gasteiger partial charge in [-0.15, -0.1) is 0 Å². The highest BCUT2D eigenvalue weighted by Gasteiger charge is 2.21. The van der Waals surface area contributed by atoms with Gasteiger partial charge in [0.05, 0.1) is 4.92 Å². The van der Waals surface area contributed by atoms with Crippen molar-refractivity contribution in [1.82, 2.24) is 15.2 Å². The van der Waals surface area contributed by atoms with E-state index in [0.29, 0.717) is 18.2 Å². The summed E-state index contributed by atoms with van der Waals surface area (Å²) in [5, 5.41) is 14.5. The van der Waals surface area contributed by atoms with Crippen molar-refractivity contribution in [1.29, 1.82) is 0 Å². The molecule has 1 aromatic heterocycles. The smallest absolute Gasteiger partial charge is 0.295 e. The van der Waals surface area contributed by atoms with E-state index in [1.165, 1.54) is 6.07 Å². The second-order valence-electron chi connectivity index (χ2n) is 8.03. The van der Waals surface area contributed by atoms with Gasteiger partial charge in [0.1, 0.15) is 17.1 Å². The molecule has 0 amide bonds. The molecule has 0 spiro atoms. The average molecular weight is 408 g/mol. The monoisotopic (exact) mass is 407 g/mol. The van der Waals surface area contributed by atoms with Crippen LogP contribution in [0, 0.1) is 10.1 Å². The summed E-state index contributed by atoms with van der Waals surface area (Å²) < 4.78 is 4.55. The number of anilines is 1. The zero-order chi connectivity index (χ0) is 22.0. The summed E-state index contributed by atoms with van der Waals surface area (Å²) in [6.45, 7) is 7.91. The zero-order valence-electron chi connectivity index (χ0n) is 18.2. The van der Waals surface area contributed by atoms with Crippen molar-refractivity contribution in [2.45, 2.75) is 45.3 Å². The lowest BCUT2D eigenvalue weighted by atomic mass is 10.1. The first-order chi connectivity index (χ1) is 13.5. The molecule has 0 unspecified atom stereocenters. The molecule has 0 saturated carbocycles. The first kappa shape index (κ1) is 24.4. The van der Waals surface area contributed by atoms with Gasteiger partial charge in [-0.05, 0) is 58.8 Å². The maximum Gasteiger partial charge on any atom is 0.295 e. The number of nitro groups is 1. The lowest BCUT2D eigenvalue weighted by molar-refractivity contribution is -0.385. The van der Waals surface area contributed by atoms with Gasteiger partial charge in [0, 0.05) is 39.5 Å². The highest BCUT2D eigenvalue weighted by Crippen LogP contribution is 2.24. The maximum atomic E-state index is 11.1. The van der Waals surface area contributed by atoms with Gasteiger partial charge in [-0.2, -0.15) is 0 Å². The highest BCUT2D eigenvalue weighted by atomic mass is 16.6. The van der Waals surface area contributed by atoms with Gasteiger partial charge in [0.25, 0.3) is 12.2 Å². The minimum absolute atomic E-state index is 0.0283. The van der Waals surface area contributed by atoms with E-state index in [-0.39, 0.29) is 11.3 Å². The third-order valence-electron chi connectivity index (χ3n) is 4.23. The van der Waals surface area contributed by atoms with Crippen LogP contribution in [0.5, 0.6) is 0 Å². The molecule has 29 heavy (non-hydrogen) atoms. The van der Waals surface area contributed by atoms with Crippen LogP contribution < -0.4 is 10.2 Å². The number of piperidine rings is 1. The van der Waals surface area contributed by atoms with Crippen molar-refractivity contribution in [3.8, 4) is 0 Å². The minimum atomic E-state index is -0.392. The second kappa shape index (κ2) is 11.4. The Morgan fingerprint density at radius 1 is 1.24 bits per heavy atom. The Labute approximate surface area is 172 Å². The molecule has 1 fully saturated rings. The van der Waals surface area contributed by atoms with Crippen LogP contribution in [0.1, 0.15) is 39.3 Å². The van der Waals surface area contributed by atoms with E-state index in [4.69, 9.17) is 0 Å². The lowest BCUT2D eigenvalue weighted by Gasteiger charge is -2.32. The molecular weight excluding hydrogens is 374 g/mol. The number of nitrogens with one attached hydrogen (secondary N) is 1. The van der Waals surface area contributed by atoms with Crippen molar-refractivity contribution in [2.24, 2.45) is 0 Å². The molecule has 0 atom stereocenters. The molecule has 162 valence electrons. The first-order valence-electron chi connectivity index (χ1n) is 9.60. The molecule has 0 bridgehead atoms. The van der Waals surface area contributed by atoms with Crippen molar-refractivity contribution >= 4 is 24.1 Å². The average Bonchev–Trinajstić information content (AvgIpc) is 2.65. The quantitative estimate of drug-likeness (QED) is 0.436. The van der Waals surface area contributed by atoms with E-state index in [2.05, 4.69) is 19.9 Å². The van der Waals surface area contributed by atoms with Crippen LogP contribution in [0.3, 0.4) is 0 Å². The Hall–Kier alpha value is -2.68. The van der Waals surface area contributed by atoms with Crippen LogP contribution in [0.25, 0.3) is 6.08 Å². The number of hydrogen-bond donors (Lipinski definition) is 1. The molecule has 1 saturated heterocycles. The largest absolute Gasteiger partial charge is 0.462 e. The van der Waals surface area contributed by atoms with Gasteiger partial charge in [-0.3, -0.25) is 14.9 Å². The number of aromatic nitrogens is 1. The summed E-state index contributed by atoms with van der Waals surface area (Å²) in [5.74, 6) is 0.774.